The molecule has 0 aromatic heterocycles. The van der Waals surface area contributed by atoms with E-state index in [1.807, 2.05) is 12.1 Å². The van der Waals surface area contributed by atoms with Crippen molar-refractivity contribution in [3.05, 3.63) is 34.1 Å². The fourth-order valence-corrected chi connectivity index (χ4v) is 3.11. The largest absolute Gasteiger partial charge is 0.310 e. The zero-order chi connectivity index (χ0) is 13.1. The molecule has 1 aromatic carbocycles. The van der Waals surface area contributed by atoms with E-state index in [0.717, 1.165) is 16.0 Å². The smallest absolute Gasteiger partial charge is 0.128 e. The molecule has 1 aromatic rings. The Labute approximate surface area is 117 Å². The highest BCUT2D eigenvalue weighted by Crippen LogP contribution is 2.29. The Morgan fingerprint density at radius 3 is 2.83 bits per heavy atom. The van der Waals surface area contributed by atoms with E-state index in [-0.39, 0.29) is 5.82 Å². The van der Waals surface area contributed by atoms with E-state index in [0.29, 0.717) is 18.5 Å². The Kier molecular flexibility index (Phi) is 4.79. The maximum atomic E-state index is 13.7. The molecule has 0 bridgehead atoms. The van der Waals surface area contributed by atoms with Crippen LogP contribution in [0.4, 0.5) is 4.39 Å². The Hall–Kier alpha value is -0.410. The van der Waals surface area contributed by atoms with Gasteiger partial charge in [-0.3, -0.25) is 0 Å². The first-order valence-electron chi connectivity index (χ1n) is 6.75. The lowest BCUT2D eigenvalue weighted by molar-refractivity contribution is 0.205. The van der Waals surface area contributed by atoms with Gasteiger partial charge in [-0.2, -0.15) is 0 Å². The first-order chi connectivity index (χ1) is 8.58. The summed E-state index contributed by atoms with van der Waals surface area (Å²) in [6, 6.07) is 5.80. The van der Waals surface area contributed by atoms with Gasteiger partial charge in [-0.25, -0.2) is 4.39 Å². The van der Waals surface area contributed by atoms with E-state index in [1.54, 1.807) is 0 Å². The number of rotatable bonds is 3. The van der Waals surface area contributed by atoms with Gasteiger partial charge in [0.25, 0.3) is 0 Å². The number of nitrogens with one attached hydrogen (secondary N) is 1. The molecular weight excluding hydrogens is 293 g/mol. The van der Waals surface area contributed by atoms with E-state index in [2.05, 4.69) is 35.1 Å². The zero-order valence-electron chi connectivity index (χ0n) is 11.0. The van der Waals surface area contributed by atoms with Gasteiger partial charge in [0.05, 0.1) is 0 Å². The van der Waals surface area contributed by atoms with Crippen LogP contribution in [0.2, 0.25) is 0 Å². The third-order valence-corrected chi connectivity index (χ3v) is 4.77. The average Bonchev–Trinajstić information content (AvgIpc) is 2.33. The fourth-order valence-electron chi connectivity index (χ4n) is 2.78. The first-order valence-corrected chi connectivity index (χ1v) is 7.54. The Balaban J connectivity index is 1.94. The molecule has 3 atom stereocenters. The van der Waals surface area contributed by atoms with E-state index in [4.69, 9.17) is 0 Å². The van der Waals surface area contributed by atoms with E-state index < -0.39 is 0 Å². The Morgan fingerprint density at radius 2 is 2.11 bits per heavy atom. The molecule has 0 heterocycles. The van der Waals surface area contributed by atoms with Crippen LogP contribution in [0, 0.1) is 17.7 Å². The molecule has 0 spiro atoms. The van der Waals surface area contributed by atoms with Crippen molar-refractivity contribution in [2.24, 2.45) is 11.8 Å². The quantitative estimate of drug-likeness (QED) is 0.866. The van der Waals surface area contributed by atoms with Crippen LogP contribution in [-0.2, 0) is 6.54 Å². The molecule has 0 amide bonds. The summed E-state index contributed by atoms with van der Waals surface area (Å²) in [6.45, 7) is 5.25. The predicted octanol–water partition coefficient (Wildman–Crippen LogP) is 4.50. The number of benzene rings is 1. The molecule has 1 N–H and O–H groups in total. The van der Waals surface area contributed by atoms with E-state index >= 15 is 0 Å². The van der Waals surface area contributed by atoms with Crippen LogP contribution >= 0.6 is 15.9 Å². The molecule has 1 fully saturated rings. The summed E-state index contributed by atoms with van der Waals surface area (Å²) in [5, 5.41) is 3.52. The van der Waals surface area contributed by atoms with Gasteiger partial charge in [0, 0.05) is 22.6 Å². The summed E-state index contributed by atoms with van der Waals surface area (Å²) in [4.78, 5) is 0. The second kappa shape index (κ2) is 6.16. The molecule has 1 aliphatic rings. The minimum atomic E-state index is -0.131. The van der Waals surface area contributed by atoms with Crippen molar-refractivity contribution in [1.82, 2.24) is 5.32 Å². The van der Waals surface area contributed by atoms with Gasteiger partial charge in [-0.15, -0.1) is 0 Å². The molecule has 1 nitrogen and oxygen atoms in total. The van der Waals surface area contributed by atoms with Crippen LogP contribution in [0.5, 0.6) is 0 Å². The van der Waals surface area contributed by atoms with Gasteiger partial charge in [0.15, 0.2) is 0 Å². The van der Waals surface area contributed by atoms with E-state index in [1.165, 1.54) is 25.3 Å². The Morgan fingerprint density at radius 1 is 1.33 bits per heavy atom. The highest BCUT2D eigenvalue weighted by atomic mass is 79.9. The molecule has 2 rings (SSSR count). The lowest BCUT2D eigenvalue weighted by Crippen LogP contribution is -2.40. The first kappa shape index (κ1) is 14.0. The van der Waals surface area contributed by atoms with Crippen molar-refractivity contribution >= 4 is 15.9 Å². The maximum absolute atomic E-state index is 13.7. The van der Waals surface area contributed by atoms with Gasteiger partial charge in [-0.1, -0.05) is 48.7 Å². The summed E-state index contributed by atoms with van der Waals surface area (Å²) >= 11 is 3.28. The van der Waals surface area contributed by atoms with Crippen molar-refractivity contribution < 1.29 is 4.39 Å². The molecule has 1 aliphatic carbocycles. The number of halogens is 2. The SMILES string of the molecule is CC1CCCC(NCc2ccc(Br)cc2F)C1C. The lowest BCUT2D eigenvalue weighted by atomic mass is 9.78. The molecule has 18 heavy (non-hydrogen) atoms. The van der Waals surface area contributed by atoms with Crippen molar-refractivity contribution in [3.8, 4) is 0 Å². The lowest BCUT2D eigenvalue weighted by Gasteiger charge is -2.34. The van der Waals surface area contributed by atoms with E-state index in [9.17, 15) is 4.39 Å². The van der Waals surface area contributed by atoms with Crippen LogP contribution in [0.1, 0.15) is 38.7 Å². The molecule has 3 unspecified atom stereocenters. The zero-order valence-corrected chi connectivity index (χ0v) is 12.6. The van der Waals surface area contributed by atoms with Crippen molar-refractivity contribution in [1.29, 1.82) is 0 Å². The minimum absolute atomic E-state index is 0.131. The number of hydrogen-bond donors (Lipinski definition) is 1. The molecule has 1 saturated carbocycles. The van der Waals surface area contributed by atoms with Gasteiger partial charge < -0.3 is 5.32 Å². The summed E-state index contributed by atoms with van der Waals surface area (Å²) in [5.74, 6) is 1.32. The standard InChI is InChI=1S/C15H21BrFN/c1-10-4-3-5-15(11(10)2)18-9-12-6-7-13(16)8-14(12)17/h6-8,10-11,15,18H,3-5,9H2,1-2H3. The molecule has 0 radical (unpaired) electrons. The van der Waals surface area contributed by atoms with Crippen molar-refractivity contribution in [3.63, 3.8) is 0 Å². The van der Waals surface area contributed by atoms with Gasteiger partial charge in [0.1, 0.15) is 5.82 Å². The minimum Gasteiger partial charge on any atom is -0.310 e. The summed E-state index contributed by atoms with van der Waals surface area (Å²) in [6.07, 6.45) is 3.82. The monoisotopic (exact) mass is 313 g/mol. The maximum Gasteiger partial charge on any atom is 0.128 e. The Bertz CT molecular complexity index is 407. The van der Waals surface area contributed by atoms with Crippen LogP contribution < -0.4 is 5.32 Å². The molecule has 0 saturated heterocycles. The number of hydrogen-bond acceptors (Lipinski definition) is 1. The van der Waals surface area contributed by atoms with Crippen molar-refractivity contribution in [2.75, 3.05) is 0 Å². The highest BCUT2D eigenvalue weighted by molar-refractivity contribution is 9.10. The molecule has 0 aliphatic heterocycles. The van der Waals surface area contributed by atoms with Crippen LogP contribution in [0.25, 0.3) is 0 Å². The van der Waals surface area contributed by atoms with Crippen molar-refractivity contribution in [2.45, 2.75) is 45.7 Å². The summed E-state index contributed by atoms with van der Waals surface area (Å²) in [5.41, 5.74) is 0.753. The van der Waals surface area contributed by atoms with Crippen LogP contribution in [0.3, 0.4) is 0 Å². The summed E-state index contributed by atoms with van der Waals surface area (Å²) in [7, 11) is 0. The predicted molar refractivity (Wildman–Crippen MR) is 76.9 cm³/mol. The van der Waals surface area contributed by atoms with Gasteiger partial charge >= 0.3 is 0 Å². The van der Waals surface area contributed by atoms with Crippen LogP contribution in [-0.4, -0.2) is 6.04 Å². The molecule has 100 valence electrons. The summed E-state index contributed by atoms with van der Waals surface area (Å²) < 4.78 is 14.5. The molecule has 3 heteroatoms. The van der Waals surface area contributed by atoms with Gasteiger partial charge in [0.2, 0.25) is 0 Å². The topological polar surface area (TPSA) is 12.0 Å². The third kappa shape index (κ3) is 3.33. The third-order valence-electron chi connectivity index (χ3n) is 4.28. The van der Waals surface area contributed by atoms with Gasteiger partial charge in [-0.05, 0) is 30.4 Å². The normalized spacial score (nSPS) is 28.3. The second-order valence-corrected chi connectivity index (χ2v) is 6.41. The fraction of sp³-hybridized carbons (Fsp3) is 0.600. The van der Waals surface area contributed by atoms with Crippen LogP contribution in [0.15, 0.2) is 22.7 Å². The molecular formula is C15H21BrFN. The highest BCUT2D eigenvalue weighted by Gasteiger charge is 2.26. The average molecular weight is 314 g/mol. The second-order valence-electron chi connectivity index (χ2n) is 5.49.